The average Bonchev–Trinajstić information content (AvgIpc) is 3.09. The van der Waals surface area contributed by atoms with E-state index in [0.717, 1.165) is 24.1 Å². The van der Waals surface area contributed by atoms with Crippen LogP contribution in [0.3, 0.4) is 0 Å². The predicted molar refractivity (Wildman–Crippen MR) is 94.8 cm³/mol. The SMILES string of the molecule is COc1ccc(CN2CCC[C@@H]2C(=O)O)cc1OCc1ccccc1. The summed E-state index contributed by atoms with van der Waals surface area (Å²) in [6.45, 7) is 1.87. The van der Waals surface area contributed by atoms with Crippen LogP contribution in [0.15, 0.2) is 48.5 Å². The van der Waals surface area contributed by atoms with Crippen molar-refractivity contribution in [1.29, 1.82) is 0 Å². The topological polar surface area (TPSA) is 59.0 Å². The average molecular weight is 341 g/mol. The van der Waals surface area contributed by atoms with E-state index in [-0.39, 0.29) is 0 Å². The van der Waals surface area contributed by atoms with Crippen LogP contribution in [0.1, 0.15) is 24.0 Å². The Labute approximate surface area is 147 Å². The van der Waals surface area contributed by atoms with Crippen LogP contribution in [-0.4, -0.2) is 35.7 Å². The second-order valence-corrected chi connectivity index (χ2v) is 6.23. The zero-order valence-electron chi connectivity index (χ0n) is 14.4. The van der Waals surface area contributed by atoms with Gasteiger partial charge in [0.05, 0.1) is 7.11 Å². The van der Waals surface area contributed by atoms with Gasteiger partial charge in [0.1, 0.15) is 12.6 Å². The van der Waals surface area contributed by atoms with E-state index in [9.17, 15) is 9.90 Å². The number of ether oxygens (including phenoxy) is 2. The Balaban J connectivity index is 1.72. The molecule has 0 saturated carbocycles. The van der Waals surface area contributed by atoms with Crippen LogP contribution in [0.4, 0.5) is 0 Å². The zero-order chi connectivity index (χ0) is 17.6. The van der Waals surface area contributed by atoms with Gasteiger partial charge in [0, 0.05) is 6.54 Å². The van der Waals surface area contributed by atoms with Gasteiger partial charge in [0.15, 0.2) is 11.5 Å². The summed E-state index contributed by atoms with van der Waals surface area (Å²) in [6.07, 6.45) is 1.63. The van der Waals surface area contributed by atoms with Crippen LogP contribution in [-0.2, 0) is 17.9 Å². The number of hydrogen-bond donors (Lipinski definition) is 1. The van der Waals surface area contributed by atoms with Gasteiger partial charge < -0.3 is 14.6 Å². The number of aliphatic carboxylic acids is 1. The molecule has 2 aromatic carbocycles. The van der Waals surface area contributed by atoms with Crippen LogP contribution in [0, 0.1) is 0 Å². The smallest absolute Gasteiger partial charge is 0.320 e. The molecule has 1 aliphatic heterocycles. The molecule has 0 spiro atoms. The summed E-state index contributed by atoms with van der Waals surface area (Å²) in [7, 11) is 1.62. The van der Waals surface area contributed by atoms with Crippen LogP contribution < -0.4 is 9.47 Å². The number of benzene rings is 2. The molecule has 0 aliphatic carbocycles. The Kier molecular flexibility index (Phi) is 5.56. The summed E-state index contributed by atoms with van der Waals surface area (Å²) in [6, 6.07) is 15.3. The number of rotatable bonds is 7. The molecule has 1 heterocycles. The normalized spacial score (nSPS) is 17.4. The fourth-order valence-corrected chi connectivity index (χ4v) is 3.20. The number of hydrogen-bond acceptors (Lipinski definition) is 4. The molecule has 5 nitrogen and oxygen atoms in total. The summed E-state index contributed by atoms with van der Waals surface area (Å²) >= 11 is 0. The number of carboxylic acid groups (broad SMARTS) is 1. The number of carboxylic acids is 1. The largest absolute Gasteiger partial charge is 0.493 e. The Morgan fingerprint density at radius 1 is 1.16 bits per heavy atom. The maximum absolute atomic E-state index is 11.3. The van der Waals surface area contributed by atoms with Gasteiger partial charge in [-0.25, -0.2) is 0 Å². The number of methoxy groups -OCH3 is 1. The summed E-state index contributed by atoms with van der Waals surface area (Å²) < 4.78 is 11.3. The third-order valence-electron chi connectivity index (χ3n) is 4.50. The second-order valence-electron chi connectivity index (χ2n) is 6.23. The van der Waals surface area contributed by atoms with Crippen molar-refractivity contribution in [2.75, 3.05) is 13.7 Å². The molecule has 5 heteroatoms. The number of nitrogens with zero attached hydrogens (tertiary/aromatic N) is 1. The standard InChI is InChI=1S/C20H23NO4/c1-24-18-10-9-16(13-21-11-5-8-17(21)20(22)23)12-19(18)25-14-15-6-3-2-4-7-15/h2-4,6-7,9-10,12,17H,5,8,11,13-14H2,1H3,(H,22,23)/t17-/m1/s1. The van der Waals surface area contributed by atoms with E-state index in [1.807, 2.05) is 53.4 Å². The number of carbonyl (C=O) groups is 1. The highest BCUT2D eigenvalue weighted by Crippen LogP contribution is 2.30. The minimum atomic E-state index is -0.744. The van der Waals surface area contributed by atoms with Gasteiger partial charge in [-0.15, -0.1) is 0 Å². The molecule has 0 amide bonds. The van der Waals surface area contributed by atoms with E-state index in [1.54, 1.807) is 7.11 Å². The van der Waals surface area contributed by atoms with E-state index in [4.69, 9.17) is 9.47 Å². The molecule has 2 aromatic rings. The fraction of sp³-hybridized carbons (Fsp3) is 0.350. The molecule has 25 heavy (non-hydrogen) atoms. The Bertz CT molecular complexity index is 717. The first-order valence-corrected chi connectivity index (χ1v) is 8.48. The number of likely N-dealkylation sites (tertiary alicyclic amines) is 1. The van der Waals surface area contributed by atoms with E-state index < -0.39 is 12.0 Å². The molecule has 1 N–H and O–H groups in total. The first-order chi connectivity index (χ1) is 12.2. The highest BCUT2D eigenvalue weighted by atomic mass is 16.5. The lowest BCUT2D eigenvalue weighted by Gasteiger charge is -2.21. The van der Waals surface area contributed by atoms with Gasteiger partial charge in [-0.1, -0.05) is 36.4 Å². The van der Waals surface area contributed by atoms with Crippen molar-refractivity contribution in [2.45, 2.75) is 32.0 Å². The van der Waals surface area contributed by atoms with Crippen molar-refractivity contribution >= 4 is 5.97 Å². The van der Waals surface area contributed by atoms with Crippen LogP contribution in [0.25, 0.3) is 0 Å². The molecule has 1 saturated heterocycles. The monoisotopic (exact) mass is 341 g/mol. The lowest BCUT2D eigenvalue weighted by Crippen LogP contribution is -2.35. The lowest BCUT2D eigenvalue weighted by atomic mass is 10.1. The van der Waals surface area contributed by atoms with Gasteiger partial charge in [-0.3, -0.25) is 9.69 Å². The van der Waals surface area contributed by atoms with E-state index in [0.29, 0.717) is 31.1 Å². The Morgan fingerprint density at radius 2 is 1.96 bits per heavy atom. The van der Waals surface area contributed by atoms with Gasteiger partial charge in [0.2, 0.25) is 0 Å². The van der Waals surface area contributed by atoms with Gasteiger partial charge in [-0.2, -0.15) is 0 Å². The third-order valence-corrected chi connectivity index (χ3v) is 4.50. The van der Waals surface area contributed by atoms with Crippen molar-refractivity contribution in [1.82, 2.24) is 4.90 Å². The molecule has 1 atom stereocenters. The molecule has 132 valence electrons. The molecular weight excluding hydrogens is 318 g/mol. The summed E-state index contributed by atoms with van der Waals surface area (Å²) in [5, 5.41) is 9.32. The lowest BCUT2D eigenvalue weighted by molar-refractivity contribution is -0.142. The first-order valence-electron chi connectivity index (χ1n) is 8.48. The summed E-state index contributed by atoms with van der Waals surface area (Å²) in [5.74, 6) is 0.609. The molecule has 0 bridgehead atoms. The molecule has 1 fully saturated rings. The third kappa shape index (κ3) is 4.31. The molecule has 3 rings (SSSR count). The maximum atomic E-state index is 11.3. The maximum Gasteiger partial charge on any atom is 0.320 e. The van der Waals surface area contributed by atoms with Crippen LogP contribution in [0.5, 0.6) is 11.5 Å². The second kappa shape index (κ2) is 8.03. The molecule has 0 aromatic heterocycles. The predicted octanol–water partition coefficient (Wildman–Crippen LogP) is 3.32. The molecule has 1 aliphatic rings. The Hall–Kier alpha value is -2.53. The van der Waals surface area contributed by atoms with Crippen molar-refractivity contribution in [3.8, 4) is 11.5 Å². The van der Waals surface area contributed by atoms with E-state index >= 15 is 0 Å². The quantitative estimate of drug-likeness (QED) is 0.837. The van der Waals surface area contributed by atoms with E-state index in [1.165, 1.54) is 0 Å². The zero-order valence-corrected chi connectivity index (χ0v) is 14.4. The van der Waals surface area contributed by atoms with Crippen LogP contribution in [0.2, 0.25) is 0 Å². The van der Waals surface area contributed by atoms with Gasteiger partial charge in [0.25, 0.3) is 0 Å². The Morgan fingerprint density at radius 3 is 2.68 bits per heavy atom. The first kappa shape index (κ1) is 17.3. The fourth-order valence-electron chi connectivity index (χ4n) is 3.20. The highest BCUT2D eigenvalue weighted by Gasteiger charge is 2.30. The van der Waals surface area contributed by atoms with Crippen molar-refractivity contribution < 1.29 is 19.4 Å². The van der Waals surface area contributed by atoms with Gasteiger partial charge in [-0.05, 0) is 42.6 Å². The highest BCUT2D eigenvalue weighted by molar-refractivity contribution is 5.73. The van der Waals surface area contributed by atoms with Gasteiger partial charge >= 0.3 is 5.97 Å². The van der Waals surface area contributed by atoms with Crippen molar-refractivity contribution in [2.24, 2.45) is 0 Å². The van der Waals surface area contributed by atoms with E-state index in [2.05, 4.69) is 0 Å². The van der Waals surface area contributed by atoms with Crippen molar-refractivity contribution in [3.05, 3.63) is 59.7 Å². The van der Waals surface area contributed by atoms with Crippen molar-refractivity contribution in [3.63, 3.8) is 0 Å². The molecule has 0 unspecified atom stereocenters. The molecule has 0 radical (unpaired) electrons. The van der Waals surface area contributed by atoms with Crippen LogP contribution >= 0.6 is 0 Å². The summed E-state index contributed by atoms with van der Waals surface area (Å²) in [4.78, 5) is 13.3. The molecular formula is C20H23NO4. The minimum Gasteiger partial charge on any atom is -0.493 e. The summed E-state index contributed by atoms with van der Waals surface area (Å²) in [5.41, 5.74) is 2.11. The minimum absolute atomic E-state index is 0.393.